The molecule has 4 N–H and O–H groups in total. The molecule has 0 heterocycles. The van der Waals surface area contributed by atoms with Gasteiger partial charge < -0.3 is 10.5 Å². The molecule has 6 heteroatoms. The molecule has 0 aliphatic rings. The van der Waals surface area contributed by atoms with E-state index in [2.05, 4.69) is 17.4 Å². The quantitative estimate of drug-likeness (QED) is 0.229. The van der Waals surface area contributed by atoms with Gasteiger partial charge in [0.2, 0.25) is 0 Å². The first-order chi connectivity index (χ1) is 6.04. The summed E-state index contributed by atoms with van der Waals surface area (Å²) in [5.74, 6) is -0.458. The third kappa shape index (κ3) is 6.82. The third-order valence-electron chi connectivity index (χ3n) is 1.02. The van der Waals surface area contributed by atoms with Crippen LogP contribution in [0, 0.1) is 0 Å². The van der Waals surface area contributed by atoms with Gasteiger partial charge in [-0.2, -0.15) is 0 Å². The standard InChI is InChI=1S/C7H13N3O3/c1-5(2)6(11)13-4-3-9-10-7(8)12/h9H,1,3-4H2,2H3,(H3,8,10,12). The van der Waals surface area contributed by atoms with Gasteiger partial charge in [0.1, 0.15) is 6.61 Å². The molecule has 0 aliphatic heterocycles. The number of urea groups is 1. The van der Waals surface area contributed by atoms with Crippen LogP contribution in [0.25, 0.3) is 0 Å². The Bertz CT molecular complexity index is 215. The number of hydrogen-bond donors (Lipinski definition) is 3. The molecule has 0 saturated heterocycles. The van der Waals surface area contributed by atoms with Crippen LogP contribution in [-0.4, -0.2) is 25.2 Å². The molecule has 0 bridgehead atoms. The smallest absolute Gasteiger partial charge is 0.333 e. The van der Waals surface area contributed by atoms with E-state index in [1.165, 1.54) is 0 Å². The van der Waals surface area contributed by atoms with Gasteiger partial charge in [0.15, 0.2) is 0 Å². The van der Waals surface area contributed by atoms with Crippen LogP contribution >= 0.6 is 0 Å². The lowest BCUT2D eigenvalue weighted by atomic mass is 10.4. The lowest BCUT2D eigenvalue weighted by molar-refractivity contribution is -0.138. The molecule has 6 nitrogen and oxygen atoms in total. The molecule has 13 heavy (non-hydrogen) atoms. The lowest BCUT2D eigenvalue weighted by Crippen LogP contribution is -2.42. The van der Waals surface area contributed by atoms with Crippen LogP contribution in [0.1, 0.15) is 6.92 Å². The summed E-state index contributed by atoms with van der Waals surface area (Å²) in [4.78, 5) is 20.9. The number of nitrogens with two attached hydrogens (primary N) is 1. The van der Waals surface area contributed by atoms with E-state index in [1.807, 2.05) is 0 Å². The van der Waals surface area contributed by atoms with E-state index in [-0.39, 0.29) is 6.61 Å². The Morgan fingerprint density at radius 2 is 2.15 bits per heavy atom. The molecule has 0 aromatic heterocycles. The van der Waals surface area contributed by atoms with Gasteiger partial charge >= 0.3 is 12.0 Å². The Labute approximate surface area is 76.1 Å². The molecule has 0 unspecified atom stereocenters. The summed E-state index contributed by atoms with van der Waals surface area (Å²) in [6, 6.07) is -0.689. The number of hydrazine groups is 1. The summed E-state index contributed by atoms with van der Waals surface area (Å²) in [6.07, 6.45) is 0. The van der Waals surface area contributed by atoms with Crippen molar-refractivity contribution in [3.63, 3.8) is 0 Å². The van der Waals surface area contributed by atoms with Crippen LogP contribution in [-0.2, 0) is 9.53 Å². The number of esters is 1. The minimum Gasteiger partial charge on any atom is -0.461 e. The Kier molecular flexibility index (Phi) is 5.29. The zero-order chi connectivity index (χ0) is 10.3. The monoisotopic (exact) mass is 187 g/mol. The molecule has 0 spiro atoms. The summed E-state index contributed by atoms with van der Waals surface area (Å²) < 4.78 is 4.69. The van der Waals surface area contributed by atoms with Crippen LogP contribution in [0.3, 0.4) is 0 Å². The molecule has 0 aliphatic carbocycles. The first-order valence-corrected chi connectivity index (χ1v) is 3.65. The van der Waals surface area contributed by atoms with Crippen molar-refractivity contribution >= 4 is 12.0 Å². The van der Waals surface area contributed by atoms with Crippen molar-refractivity contribution in [2.75, 3.05) is 13.2 Å². The summed E-state index contributed by atoms with van der Waals surface area (Å²) in [5.41, 5.74) is 9.66. The highest BCUT2D eigenvalue weighted by Gasteiger charge is 2.01. The fourth-order valence-corrected chi connectivity index (χ4v) is 0.468. The second kappa shape index (κ2) is 6.01. The minimum atomic E-state index is -0.689. The summed E-state index contributed by atoms with van der Waals surface area (Å²) in [6.45, 7) is 5.39. The van der Waals surface area contributed by atoms with Gasteiger partial charge in [-0.25, -0.2) is 15.0 Å². The number of amides is 2. The molecule has 0 fully saturated rings. The van der Waals surface area contributed by atoms with E-state index in [0.717, 1.165) is 0 Å². The van der Waals surface area contributed by atoms with Gasteiger partial charge in [-0.1, -0.05) is 6.58 Å². The van der Waals surface area contributed by atoms with Gasteiger partial charge in [-0.3, -0.25) is 5.43 Å². The first-order valence-electron chi connectivity index (χ1n) is 3.65. The number of ether oxygens (including phenoxy) is 1. The number of carbonyl (C=O) groups is 2. The third-order valence-corrected chi connectivity index (χ3v) is 1.02. The van der Waals surface area contributed by atoms with E-state index >= 15 is 0 Å². The van der Waals surface area contributed by atoms with Gasteiger partial charge in [0, 0.05) is 12.1 Å². The number of nitrogens with one attached hydrogen (secondary N) is 2. The molecule has 0 atom stereocenters. The van der Waals surface area contributed by atoms with Crippen molar-refractivity contribution in [3.05, 3.63) is 12.2 Å². The Balaban J connectivity index is 3.31. The number of carbonyl (C=O) groups excluding carboxylic acids is 2. The molecule has 2 amide bonds. The first kappa shape index (κ1) is 11.4. The summed E-state index contributed by atoms with van der Waals surface area (Å²) in [7, 11) is 0. The topological polar surface area (TPSA) is 93.4 Å². The SMILES string of the molecule is C=C(C)C(=O)OCCNNC(N)=O. The maximum Gasteiger partial charge on any atom is 0.333 e. The van der Waals surface area contributed by atoms with Crippen LogP contribution < -0.4 is 16.6 Å². The van der Waals surface area contributed by atoms with Crippen molar-refractivity contribution in [1.29, 1.82) is 0 Å². The van der Waals surface area contributed by atoms with Gasteiger partial charge in [-0.05, 0) is 6.92 Å². The summed E-state index contributed by atoms with van der Waals surface area (Å²) >= 11 is 0. The number of primary amides is 1. The average Bonchev–Trinajstić information content (AvgIpc) is 2.02. The van der Waals surface area contributed by atoms with Crippen LogP contribution in [0.2, 0.25) is 0 Å². The minimum absolute atomic E-state index is 0.145. The van der Waals surface area contributed by atoms with Gasteiger partial charge in [-0.15, -0.1) is 0 Å². The normalized spacial score (nSPS) is 9.00. The van der Waals surface area contributed by atoms with Gasteiger partial charge in [0.05, 0.1) is 0 Å². The fourth-order valence-electron chi connectivity index (χ4n) is 0.468. The molecule has 0 aromatic carbocycles. The zero-order valence-corrected chi connectivity index (χ0v) is 7.42. The second-order valence-corrected chi connectivity index (χ2v) is 2.33. The van der Waals surface area contributed by atoms with Crippen molar-refractivity contribution < 1.29 is 14.3 Å². The molecule has 0 saturated carbocycles. The van der Waals surface area contributed by atoms with Crippen molar-refractivity contribution in [2.45, 2.75) is 6.92 Å². The van der Waals surface area contributed by atoms with Gasteiger partial charge in [0.25, 0.3) is 0 Å². The molecular formula is C7H13N3O3. The second-order valence-electron chi connectivity index (χ2n) is 2.33. The Morgan fingerprint density at radius 1 is 1.54 bits per heavy atom. The number of rotatable bonds is 5. The number of hydrogen-bond acceptors (Lipinski definition) is 4. The van der Waals surface area contributed by atoms with E-state index in [0.29, 0.717) is 12.1 Å². The molecule has 0 aromatic rings. The molecule has 0 radical (unpaired) electrons. The molecular weight excluding hydrogens is 174 g/mol. The van der Waals surface area contributed by atoms with E-state index in [4.69, 9.17) is 10.5 Å². The highest BCUT2D eigenvalue weighted by Crippen LogP contribution is 1.90. The summed E-state index contributed by atoms with van der Waals surface area (Å²) in [5, 5.41) is 0. The molecule has 74 valence electrons. The maximum absolute atomic E-state index is 10.8. The van der Waals surface area contributed by atoms with E-state index in [9.17, 15) is 9.59 Å². The lowest BCUT2D eigenvalue weighted by Gasteiger charge is -2.05. The van der Waals surface area contributed by atoms with Crippen LogP contribution in [0.4, 0.5) is 4.79 Å². The van der Waals surface area contributed by atoms with E-state index in [1.54, 1.807) is 6.92 Å². The van der Waals surface area contributed by atoms with E-state index < -0.39 is 12.0 Å². The Hall–Kier alpha value is -1.56. The van der Waals surface area contributed by atoms with Crippen molar-refractivity contribution in [2.24, 2.45) is 5.73 Å². The highest BCUT2D eigenvalue weighted by molar-refractivity contribution is 5.86. The predicted octanol–water partition coefficient (Wildman–Crippen LogP) is -0.721. The van der Waals surface area contributed by atoms with Crippen LogP contribution in [0.5, 0.6) is 0 Å². The van der Waals surface area contributed by atoms with Crippen molar-refractivity contribution in [1.82, 2.24) is 10.9 Å². The average molecular weight is 187 g/mol. The van der Waals surface area contributed by atoms with Crippen LogP contribution in [0.15, 0.2) is 12.2 Å². The molecule has 0 rings (SSSR count). The Morgan fingerprint density at radius 3 is 2.62 bits per heavy atom. The maximum atomic E-state index is 10.8. The van der Waals surface area contributed by atoms with Crippen molar-refractivity contribution in [3.8, 4) is 0 Å². The predicted molar refractivity (Wildman–Crippen MR) is 46.5 cm³/mol. The highest BCUT2D eigenvalue weighted by atomic mass is 16.5. The largest absolute Gasteiger partial charge is 0.461 e. The zero-order valence-electron chi connectivity index (χ0n) is 7.42. The fraction of sp³-hybridized carbons (Fsp3) is 0.429.